The van der Waals surface area contributed by atoms with Gasteiger partial charge < -0.3 is 10.2 Å². The van der Waals surface area contributed by atoms with E-state index in [1.54, 1.807) is 6.20 Å². The summed E-state index contributed by atoms with van der Waals surface area (Å²) in [5.74, 6) is 0.573. The molecule has 1 amide bonds. The first-order valence-electron chi connectivity index (χ1n) is 8.62. The van der Waals surface area contributed by atoms with Gasteiger partial charge in [0.2, 0.25) is 0 Å². The minimum Gasteiger partial charge on any atom is -0.381 e. The standard InChI is InChI=1S/C18H25N5O/c1-13(2)10-16-11-17(22-21-16)18(24)23-8-5-14(6-9-23)20-15-4-3-7-19-12-15/h3-4,7,11-14,20H,5-6,8-10H2,1-2H3,(H,21,22). The topological polar surface area (TPSA) is 73.9 Å². The summed E-state index contributed by atoms with van der Waals surface area (Å²) in [7, 11) is 0. The molecule has 0 radical (unpaired) electrons. The molecule has 1 aliphatic heterocycles. The van der Waals surface area contributed by atoms with Gasteiger partial charge in [0.25, 0.3) is 5.91 Å². The molecule has 0 saturated carbocycles. The number of aromatic amines is 1. The number of pyridine rings is 1. The molecule has 128 valence electrons. The molecule has 0 aliphatic carbocycles. The van der Waals surface area contributed by atoms with Crippen molar-refractivity contribution in [1.29, 1.82) is 0 Å². The number of hydrogen-bond donors (Lipinski definition) is 2. The van der Waals surface area contributed by atoms with Crippen LogP contribution in [-0.2, 0) is 6.42 Å². The summed E-state index contributed by atoms with van der Waals surface area (Å²) in [6, 6.07) is 6.22. The van der Waals surface area contributed by atoms with Gasteiger partial charge in [0.15, 0.2) is 0 Å². The molecule has 24 heavy (non-hydrogen) atoms. The van der Waals surface area contributed by atoms with E-state index in [1.165, 1.54) is 0 Å². The normalized spacial score (nSPS) is 15.7. The van der Waals surface area contributed by atoms with E-state index in [9.17, 15) is 4.79 Å². The van der Waals surface area contributed by atoms with E-state index in [-0.39, 0.29) is 5.91 Å². The largest absolute Gasteiger partial charge is 0.381 e. The Hall–Kier alpha value is -2.37. The van der Waals surface area contributed by atoms with Gasteiger partial charge in [-0.2, -0.15) is 5.10 Å². The number of aromatic nitrogens is 3. The zero-order chi connectivity index (χ0) is 16.9. The molecule has 2 aromatic heterocycles. The fourth-order valence-electron chi connectivity index (χ4n) is 3.09. The Kier molecular flexibility index (Phi) is 5.13. The maximum Gasteiger partial charge on any atom is 0.274 e. The van der Waals surface area contributed by atoms with Crippen molar-refractivity contribution in [3.63, 3.8) is 0 Å². The zero-order valence-corrected chi connectivity index (χ0v) is 14.3. The van der Waals surface area contributed by atoms with Gasteiger partial charge in [0.1, 0.15) is 5.69 Å². The predicted octanol–water partition coefficient (Wildman–Crippen LogP) is 2.72. The van der Waals surface area contributed by atoms with Gasteiger partial charge >= 0.3 is 0 Å². The number of carbonyl (C=O) groups is 1. The molecule has 2 aromatic rings. The molecule has 1 saturated heterocycles. The number of piperidine rings is 1. The second kappa shape index (κ2) is 7.47. The quantitative estimate of drug-likeness (QED) is 0.885. The molecule has 1 aliphatic rings. The molecule has 1 fully saturated rings. The number of rotatable bonds is 5. The third kappa shape index (κ3) is 4.13. The Bertz CT molecular complexity index is 659. The summed E-state index contributed by atoms with van der Waals surface area (Å²) in [6.45, 7) is 5.82. The summed E-state index contributed by atoms with van der Waals surface area (Å²) in [5, 5.41) is 10.7. The number of amides is 1. The molecular formula is C18H25N5O. The average Bonchev–Trinajstić information content (AvgIpc) is 3.03. The van der Waals surface area contributed by atoms with Gasteiger partial charge in [0, 0.05) is 37.2 Å². The Morgan fingerprint density at radius 1 is 1.42 bits per heavy atom. The smallest absolute Gasteiger partial charge is 0.274 e. The monoisotopic (exact) mass is 327 g/mol. The molecule has 3 rings (SSSR count). The highest BCUT2D eigenvalue weighted by atomic mass is 16.2. The second-order valence-corrected chi connectivity index (χ2v) is 6.83. The van der Waals surface area contributed by atoms with Crippen molar-refractivity contribution in [2.45, 2.75) is 39.2 Å². The summed E-state index contributed by atoms with van der Waals surface area (Å²) >= 11 is 0. The highest BCUT2D eigenvalue weighted by molar-refractivity contribution is 5.92. The zero-order valence-electron chi connectivity index (χ0n) is 14.3. The van der Waals surface area contributed by atoms with Crippen LogP contribution >= 0.6 is 0 Å². The van der Waals surface area contributed by atoms with Gasteiger partial charge in [-0.15, -0.1) is 0 Å². The Labute approximate surface area is 142 Å². The predicted molar refractivity (Wildman–Crippen MR) is 93.9 cm³/mol. The van der Waals surface area contributed by atoms with Crippen LogP contribution in [-0.4, -0.2) is 45.1 Å². The molecular weight excluding hydrogens is 302 g/mol. The maximum absolute atomic E-state index is 12.6. The number of carbonyl (C=O) groups excluding carboxylic acids is 1. The van der Waals surface area contributed by atoms with Crippen LogP contribution in [0.5, 0.6) is 0 Å². The van der Waals surface area contributed by atoms with Crippen LogP contribution in [0, 0.1) is 5.92 Å². The number of nitrogens with zero attached hydrogens (tertiary/aromatic N) is 3. The van der Waals surface area contributed by atoms with Gasteiger partial charge in [-0.3, -0.25) is 14.9 Å². The third-order valence-corrected chi connectivity index (χ3v) is 4.29. The summed E-state index contributed by atoms with van der Waals surface area (Å²) in [6.07, 6.45) is 6.38. The van der Waals surface area contributed by atoms with Gasteiger partial charge in [0.05, 0.1) is 5.69 Å². The van der Waals surface area contributed by atoms with E-state index in [2.05, 4.69) is 34.3 Å². The molecule has 0 bridgehead atoms. The minimum atomic E-state index is 0.0288. The first-order chi connectivity index (χ1) is 11.6. The Balaban J connectivity index is 1.52. The third-order valence-electron chi connectivity index (χ3n) is 4.29. The highest BCUT2D eigenvalue weighted by Gasteiger charge is 2.25. The van der Waals surface area contributed by atoms with E-state index in [0.29, 0.717) is 17.7 Å². The molecule has 0 atom stereocenters. The lowest BCUT2D eigenvalue weighted by atomic mass is 10.0. The number of hydrogen-bond acceptors (Lipinski definition) is 4. The lowest BCUT2D eigenvalue weighted by molar-refractivity contribution is 0.0712. The molecule has 2 N–H and O–H groups in total. The van der Waals surface area contributed by atoms with Crippen molar-refractivity contribution in [2.24, 2.45) is 5.92 Å². The number of likely N-dealkylation sites (tertiary alicyclic amines) is 1. The van der Waals surface area contributed by atoms with E-state index in [1.807, 2.05) is 29.3 Å². The molecule has 6 heteroatoms. The van der Waals surface area contributed by atoms with Crippen molar-refractivity contribution >= 4 is 11.6 Å². The fraction of sp³-hybridized carbons (Fsp3) is 0.500. The number of anilines is 1. The van der Waals surface area contributed by atoms with Crippen LogP contribution in [0.3, 0.4) is 0 Å². The molecule has 0 aromatic carbocycles. The number of H-pyrrole nitrogens is 1. The second-order valence-electron chi connectivity index (χ2n) is 6.83. The average molecular weight is 327 g/mol. The molecule has 0 unspecified atom stereocenters. The molecule has 3 heterocycles. The lowest BCUT2D eigenvalue weighted by Crippen LogP contribution is -2.42. The first-order valence-corrected chi connectivity index (χ1v) is 8.62. The minimum absolute atomic E-state index is 0.0288. The van der Waals surface area contributed by atoms with Crippen molar-refractivity contribution in [3.8, 4) is 0 Å². The van der Waals surface area contributed by atoms with E-state index in [4.69, 9.17) is 0 Å². The molecule has 0 spiro atoms. The van der Waals surface area contributed by atoms with Crippen LogP contribution in [0.2, 0.25) is 0 Å². The highest BCUT2D eigenvalue weighted by Crippen LogP contribution is 2.18. The molecule has 6 nitrogen and oxygen atoms in total. The summed E-state index contributed by atoms with van der Waals surface area (Å²) in [4.78, 5) is 18.6. The van der Waals surface area contributed by atoms with Gasteiger partial charge in [-0.05, 0) is 43.4 Å². The van der Waals surface area contributed by atoms with Crippen LogP contribution in [0.15, 0.2) is 30.6 Å². The Morgan fingerprint density at radius 2 is 2.21 bits per heavy atom. The SMILES string of the molecule is CC(C)Cc1cc(C(=O)N2CCC(Nc3cccnc3)CC2)n[nH]1. The van der Waals surface area contributed by atoms with Crippen molar-refractivity contribution in [3.05, 3.63) is 42.0 Å². The van der Waals surface area contributed by atoms with E-state index < -0.39 is 0 Å². The van der Waals surface area contributed by atoms with Gasteiger partial charge in [-0.1, -0.05) is 13.8 Å². The lowest BCUT2D eigenvalue weighted by Gasteiger charge is -2.32. The summed E-state index contributed by atoms with van der Waals surface area (Å²) < 4.78 is 0. The Morgan fingerprint density at radius 3 is 2.88 bits per heavy atom. The van der Waals surface area contributed by atoms with Crippen LogP contribution in [0.4, 0.5) is 5.69 Å². The number of nitrogens with one attached hydrogen (secondary N) is 2. The van der Waals surface area contributed by atoms with Crippen molar-refractivity contribution in [2.75, 3.05) is 18.4 Å². The van der Waals surface area contributed by atoms with E-state index >= 15 is 0 Å². The first kappa shape index (κ1) is 16.5. The van der Waals surface area contributed by atoms with Crippen molar-refractivity contribution < 1.29 is 4.79 Å². The van der Waals surface area contributed by atoms with E-state index in [0.717, 1.165) is 43.7 Å². The van der Waals surface area contributed by atoms with Crippen LogP contribution in [0.25, 0.3) is 0 Å². The van der Waals surface area contributed by atoms with Crippen LogP contribution < -0.4 is 5.32 Å². The summed E-state index contributed by atoms with van der Waals surface area (Å²) in [5.41, 5.74) is 2.60. The van der Waals surface area contributed by atoms with Crippen molar-refractivity contribution in [1.82, 2.24) is 20.1 Å². The fourth-order valence-corrected chi connectivity index (χ4v) is 3.09. The maximum atomic E-state index is 12.6. The van der Waals surface area contributed by atoms with Crippen LogP contribution in [0.1, 0.15) is 42.9 Å². The van der Waals surface area contributed by atoms with Gasteiger partial charge in [-0.25, -0.2) is 0 Å².